The van der Waals surface area contributed by atoms with Crippen LogP contribution in [0.3, 0.4) is 0 Å². The Bertz CT molecular complexity index is 325. The summed E-state index contributed by atoms with van der Waals surface area (Å²) in [5.41, 5.74) is 0.765. The lowest BCUT2D eigenvalue weighted by Crippen LogP contribution is -2.28. The SMILES string of the molecule is OC(CCc1ccccc1Br)C(F)(F)F. The quantitative estimate of drug-likeness (QED) is 0.902. The first-order valence-corrected chi connectivity index (χ1v) is 5.18. The zero-order valence-electron chi connectivity index (χ0n) is 7.76. The highest BCUT2D eigenvalue weighted by Crippen LogP contribution is 2.25. The van der Waals surface area contributed by atoms with Gasteiger partial charge in [-0.2, -0.15) is 13.2 Å². The molecular formula is C10H10BrF3O. The van der Waals surface area contributed by atoms with E-state index in [1.54, 1.807) is 24.3 Å². The summed E-state index contributed by atoms with van der Waals surface area (Å²) in [4.78, 5) is 0. The molecule has 1 nitrogen and oxygen atoms in total. The molecule has 0 saturated carbocycles. The third-order valence-electron chi connectivity index (χ3n) is 2.02. The number of halogens is 4. The van der Waals surface area contributed by atoms with Crippen LogP contribution in [0.5, 0.6) is 0 Å². The topological polar surface area (TPSA) is 20.2 Å². The van der Waals surface area contributed by atoms with Gasteiger partial charge in [0.15, 0.2) is 0 Å². The molecule has 15 heavy (non-hydrogen) atoms. The van der Waals surface area contributed by atoms with Crippen LogP contribution in [0.4, 0.5) is 13.2 Å². The molecule has 0 radical (unpaired) electrons. The number of rotatable bonds is 3. The summed E-state index contributed by atoms with van der Waals surface area (Å²) in [6, 6.07) is 7.02. The maximum atomic E-state index is 12.0. The number of aliphatic hydroxyl groups is 1. The normalized spacial score (nSPS) is 13.9. The Morgan fingerprint density at radius 1 is 1.27 bits per heavy atom. The van der Waals surface area contributed by atoms with Crippen molar-refractivity contribution in [2.24, 2.45) is 0 Å². The van der Waals surface area contributed by atoms with Crippen LogP contribution in [0.25, 0.3) is 0 Å². The van der Waals surface area contributed by atoms with Crippen molar-refractivity contribution in [1.29, 1.82) is 0 Å². The molecular weight excluding hydrogens is 273 g/mol. The molecule has 1 atom stereocenters. The van der Waals surface area contributed by atoms with Gasteiger partial charge in [0.1, 0.15) is 6.10 Å². The van der Waals surface area contributed by atoms with Crippen LogP contribution in [0.1, 0.15) is 12.0 Å². The van der Waals surface area contributed by atoms with Crippen LogP contribution in [0.15, 0.2) is 28.7 Å². The third-order valence-corrected chi connectivity index (χ3v) is 2.80. The molecule has 1 unspecified atom stereocenters. The zero-order chi connectivity index (χ0) is 11.5. The van der Waals surface area contributed by atoms with Gasteiger partial charge in [-0.1, -0.05) is 34.1 Å². The van der Waals surface area contributed by atoms with Gasteiger partial charge >= 0.3 is 6.18 Å². The van der Waals surface area contributed by atoms with Crippen molar-refractivity contribution in [3.63, 3.8) is 0 Å². The highest BCUT2D eigenvalue weighted by molar-refractivity contribution is 9.10. The molecule has 0 bridgehead atoms. The first-order chi connectivity index (χ1) is 6.91. The number of hydrogen-bond donors (Lipinski definition) is 1. The van der Waals surface area contributed by atoms with Crippen molar-refractivity contribution in [3.8, 4) is 0 Å². The van der Waals surface area contributed by atoms with Crippen LogP contribution in [0.2, 0.25) is 0 Å². The predicted octanol–water partition coefficient (Wildman–Crippen LogP) is 3.30. The summed E-state index contributed by atoms with van der Waals surface area (Å²) >= 11 is 3.23. The minimum absolute atomic E-state index is 0.197. The Morgan fingerprint density at radius 2 is 1.87 bits per heavy atom. The molecule has 1 aromatic rings. The molecule has 0 aliphatic rings. The lowest BCUT2D eigenvalue weighted by Gasteiger charge is -2.14. The number of alkyl halides is 3. The fourth-order valence-corrected chi connectivity index (χ4v) is 1.64. The molecule has 5 heteroatoms. The van der Waals surface area contributed by atoms with Gasteiger partial charge in [0, 0.05) is 4.47 Å². The number of hydrogen-bond acceptors (Lipinski definition) is 1. The van der Waals surface area contributed by atoms with Crippen molar-refractivity contribution >= 4 is 15.9 Å². The molecule has 0 spiro atoms. The Labute approximate surface area is 94.0 Å². The molecule has 0 amide bonds. The molecule has 0 saturated heterocycles. The summed E-state index contributed by atoms with van der Waals surface area (Å²) in [6.07, 6.45) is -6.89. The molecule has 0 aliphatic carbocycles. The Morgan fingerprint density at radius 3 is 2.40 bits per heavy atom. The summed E-state index contributed by atoms with van der Waals surface area (Å²) < 4.78 is 36.7. The lowest BCUT2D eigenvalue weighted by atomic mass is 10.1. The van der Waals surface area contributed by atoms with Gasteiger partial charge < -0.3 is 5.11 Å². The summed E-state index contributed by atoms with van der Waals surface area (Å²) in [6.45, 7) is 0. The van der Waals surface area contributed by atoms with E-state index in [9.17, 15) is 13.2 Å². The molecule has 1 N–H and O–H groups in total. The smallest absolute Gasteiger partial charge is 0.384 e. The van der Waals surface area contributed by atoms with Gasteiger partial charge in [-0.05, 0) is 24.5 Å². The van der Waals surface area contributed by atoms with E-state index in [4.69, 9.17) is 5.11 Å². The average molecular weight is 283 g/mol. The van der Waals surface area contributed by atoms with Crippen LogP contribution in [0, 0.1) is 0 Å². The predicted molar refractivity (Wildman–Crippen MR) is 54.5 cm³/mol. The fourth-order valence-electron chi connectivity index (χ4n) is 1.16. The number of aliphatic hydroxyl groups excluding tert-OH is 1. The third kappa shape index (κ3) is 3.83. The minimum Gasteiger partial charge on any atom is -0.384 e. The van der Waals surface area contributed by atoms with Crippen molar-refractivity contribution in [3.05, 3.63) is 34.3 Å². The van der Waals surface area contributed by atoms with Gasteiger partial charge in [0.25, 0.3) is 0 Å². The van der Waals surface area contributed by atoms with E-state index in [0.29, 0.717) is 0 Å². The molecule has 0 aliphatic heterocycles. The van der Waals surface area contributed by atoms with E-state index in [2.05, 4.69) is 15.9 Å². The summed E-state index contributed by atoms with van der Waals surface area (Å²) in [7, 11) is 0. The maximum absolute atomic E-state index is 12.0. The molecule has 1 aromatic carbocycles. The number of aryl methyl sites for hydroxylation is 1. The van der Waals surface area contributed by atoms with E-state index < -0.39 is 12.3 Å². The lowest BCUT2D eigenvalue weighted by molar-refractivity contribution is -0.205. The van der Waals surface area contributed by atoms with E-state index in [1.165, 1.54) is 0 Å². The Kier molecular flexibility index (Phi) is 4.16. The minimum atomic E-state index is -4.53. The standard InChI is InChI=1S/C10H10BrF3O/c11-8-4-2-1-3-7(8)5-6-9(15)10(12,13)14/h1-4,9,15H,5-6H2. The van der Waals surface area contributed by atoms with E-state index >= 15 is 0 Å². The first kappa shape index (κ1) is 12.5. The average Bonchev–Trinajstić information content (AvgIpc) is 2.14. The highest BCUT2D eigenvalue weighted by Gasteiger charge is 2.37. The van der Waals surface area contributed by atoms with Gasteiger partial charge in [-0.25, -0.2) is 0 Å². The van der Waals surface area contributed by atoms with Crippen molar-refractivity contribution in [1.82, 2.24) is 0 Å². The van der Waals surface area contributed by atoms with Crippen molar-refractivity contribution < 1.29 is 18.3 Å². The highest BCUT2D eigenvalue weighted by atomic mass is 79.9. The zero-order valence-corrected chi connectivity index (χ0v) is 9.35. The van der Waals surface area contributed by atoms with Crippen LogP contribution in [-0.2, 0) is 6.42 Å². The van der Waals surface area contributed by atoms with Crippen molar-refractivity contribution in [2.75, 3.05) is 0 Å². The monoisotopic (exact) mass is 282 g/mol. The molecule has 0 fully saturated rings. The van der Waals surface area contributed by atoms with Gasteiger partial charge in [0.2, 0.25) is 0 Å². The fraction of sp³-hybridized carbons (Fsp3) is 0.400. The van der Waals surface area contributed by atoms with Gasteiger partial charge in [0.05, 0.1) is 0 Å². The Balaban J connectivity index is 2.55. The van der Waals surface area contributed by atoms with Crippen LogP contribution in [-0.4, -0.2) is 17.4 Å². The summed E-state index contributed by atoms with van der Waals surface area (Å²) in [5, 5.41) is 8.80. The summed E-state index contributed by atoms with van der Waals surface area (Å²) in [5.74, 6) is 0. The van der Waals surface area contributed by atoms with E-state index in [1.807, 2.05) is 0 Å². The molecule has 84 valence electrons. The number of benzene rings is 1. The second-order valence-corrected chi connectivity index (χ2v) is 4.04. The van der Waals surface area contributed by atoms with E-state index in [-0.39, 0.29) is 12.8 Å². The second kappa shape index (κ2) is 4.99. The molecule has 0 heterocycles. The van der Waals surface area contributed by atoms with Crippen LogP contribution >= 0.6 is 15.9 Å². The van der Waals surface area contributed by atoms with E-state index in [0.717, 1.165) is 10.0 Å². The Hall–Kier alpha value is -0.550. The van der Waals surface area contributed by atoms with Gasteiger partial charge in [-0.3, -0.25) is 0 Å². The molecule has 1 rings (SSSR count). The van der Waals surface area contributed by atoms with Crippen LogP contribution < -0.4 is 0 Å². The second-order valence-electron chi connectivity index (χ2n) is 3.19. The van der Waals surface area contributed by atoms with Gasteiger partial charge in [-0.15, -0.1) is 0 Å². The maximum Gasteiger partial charge on any atom is 0.414 e. The molecule has 0 aromatic heterocycles. The largest absolute Gasteiger partial charge is 0.414 e. The first-order valence-electron chi connectivity index (χ1n) is 4.39. The van der Waals surface area contributed by atoms with Crippen molar-refractivity contribution in [2.45, 2.75) is 25.1 Å².